The predicted octanol–water partition coefficient (Wildman–Crippen LogP) is 1.04. The lowest BCUT2D eigenvalue weighted by Gasteiger charge is -2.23. The van der Waals surface area contributed by atoms with E-state index in [-0.39, 0.29) is 5.56 Å². The van der Waals surface area contributed by atoms with E-state index in [9.17, 15) is 4.79 Å². The molecule has 2 aromatic rings. The van der Waals surface area contributed by atoms with Gasteiger partial charge in [0.05, 0.1) is 6.54 Å². The molecule has 1 saturated heterocycles. The summed E-state index contributed by atoms with van der Waals surface area (Å²) in [7, 11) is 3.88. The van der Waals surface area contributed by atoms with Crippen molar-refractivity contribution in [3.05, 3.63) is 46.0 Å². The summed E-state index contributed by atoms with van der Waals surface area (Å²) < 4.78 is 6.77. The number of rotatable bonds is 6. The fourth-order valence-electron chi connectivity index (χ4n) is 3.11. The number of pyridine rings is 1. The first-order valence-corrected chi connectivity index (χ1v) is 8.44. The Bertz CT molecular complexity index is 739. The quantitative estimate of drug-likeness (QED) is 0.788. The van der Waals surface area contributed by atoms with E-state index in [1.807, 2.05) is 19.2 Å². The predicted molar refractivity (Wildman–Crippen MR) is 90.5 cm³/mol. The van der Waals surface area contributed by atoms with Crippen molar-refractivity contribution in [3.63, 3.8) is 0 Å². The molecule has 1 aliphatic heterocycles. The van der Waals surface area contributed by atoms with E-state index in [1.54, 1.807) is 17.7 Å². The monoisotopic (exact) mass is 331 g/mol. The largest absolute Gasteiger partial charge is 0.339 e. The molecular formula is C17H25N5O2. The molecule has 3 heterocycles. The van der Waals surface area contributed by atoms with Crippen LogP contribution in [-0.2, 0) is 26.6 Å². The van der Waals surface area contributed by atoms with Gasteiger partial charge in [0, 0.05) is 51.4 Å². The molecule has 3 rings (SSSR count). The zero-order valence-electron chi connectivity index (χ0n) is 14.6. The zero-order chi connectivity index (χ0) is 17.1. The number of hydrogen-bond acceptors (Lipinski definition) is 6. The van der Waals surface area contributed by atoms with Gasteiger partial charge in [-0.15, -0.1) is 0 Å². The number of aromatic nitrogens is 3. The second-order valence-corrected chi connectivity index (χ2v) is 6.53. The van der Waals surface area contributed by atoms with Crippen LogP contribution in [0, 0.1) is 0 Å². The van der Waals surface area contributed by atoms with Gasteiger partial charge in [-0.2, -0.15) is 4.98 Å². The van der Waals surface area contributed by atoms with E-state index in [2.05, 4.69) is 27.0 Å². The first-order chi connectivity index (χ1) is 11.5. The summed E-state index contributed by atoms with van der Waals surface area (Å²) in [6.45, 7) is 5.56. The molecule has 0 N–H and O–H groups in total. The maximum Gasteiger partial charge on any atom is 0.250 e. The maximum absolute atomic E-state index is 11.7. The Morgan fingerprint density at radius 1 is 1.46 bits per heavy atom. The van der Waals surface area contributed by atoms with Crippen LogP contribution >= 0.6 is 0 Å². The first kappa shape index (κ1) is 16.9. The Balaban J connectivity index is 1.54. The van der Waals surface area contributed by atoms with Gasteiger partial charge in [0.1, 0.15) is 0 Å². The minimum atomic E-state index is 0.0456. The molecule has 1 atom stereocenters. The van der Waals surface area contributed by atoms with Crippen LogP contribution in [-0.4, -0.2) is 50.7 Å². The normalized spacial score (nSPS) is 18.6. The van der Waals surface area contributed by atoms with Crippen LogP contribution in [0.1, 0.15) is 30.6 Å². The number of nitrogens with zero attached hydrogens (tertiary/aromatic N) is 5. The molecule has 0 aliphatic carbocycles. The highest BCUT2D eigenvalue weighted by Crippen LogP contribution is 2.18. The van der Waals surface area contributed by atoms with Crippen LogP contribution in [0.15, 0.2) is 27.6 Å². The molecule has 0 unspecified atom stereocenters. The van der Waals surface area contributed by atoms with Crippen LogP contribution < -0.4 is 5.56 Å². The molecule has 0 saturated carbocycles. The minimum Gasteiger partial charge on any atom is -0.339 e. The number of likely N-dealkylation sites (tertiary alicyclic amines) is 1. The lowest BCUT2D eigenvalue weighted by molar-refractivity contribution is 0.216. The Morgan fingerprint density at radius 3 is 3.00 bits per heavy atom. The van der Waals surface area contributed by atoms with Crippen LogP contribution in [0.3, 0.4) is 0 Å². The molecule has 0 bridgehead atoms. The standard InChI is InChI=1S/C17H25N5O2/c1-4-16-18-15(19-24-16)12-21(3)14-6-8-22(11-14)10-13-5-7-20(2)17(23)9-13/h5,7,9,14H,4,6,8,10-12H2,1-3H3/t14-/m1/s1. The van der Waals surface area contributed by atoms with Gasteiger partial charge in [0.25, 0.3) is 5.56 Å². The second-order valence-electron chi connectivity index (χ2n) is 6.53. The van der Waals surface area contributed by atoms with Crippen molar-refractivity contribution >= 4 is 0 Å². The summed E-state index contributed by atoms with van der Waals surface area (Å²) in [5.41, 5.74) is 1.12. The summed E-state index contributed by atoms with van der Waals surface area (Å²) in [6.07, 6.45) is 3.71. The average Bonchev–Trinajstić information content (AvgIpc) is 3.20. The van der Waals surface area contributed by atoms with Crippen molar-refractivity contribution in [2.45, 2.75) is 38.9 Å². The fraction of sp³-hybridized carbons (Fsp3) is 0.588. The third kappa shape index (κ3) is 3.91. The maximum atomic E-state index is 11.7. The SMILES string of the molecule is CCc1nc(CN(C)[C@@H]2CCN(Cc3ccn(C)c(=O)c3)C2)no1. The fourth-order valence-corrected chi connectivity index (χ4v) is 3.11. The van der Waals surface area contributed by atoms with Gasteiger partial charge in [0.15, 0.2) is 5.82 Å². The highest BCUT2D eigenvalue weighted by molar-refractivity contribution is 5.11. The Hall–Kier alpha value is -1.99. The van der Waals surface area contributed by atoms with Gasteiger partial charge in [-0.05, 0) is 25.1 Å². The lowest BCUT2D eigenvalue weighted by atomic mass is 10.2. The molecule has 0 amide bonds. The molecule has 1 aliphatic rings. The average molecular weight is 331 g/mol. The highest BCUT2D eigenvalue weighted by atomic mass is 16.5. The second kappa shape index (κ2) is 7.27. The Morgan fingerprint density at radius 2 is 2.29 bits per heavy atom. The van der Waals surface area contributed by atoms with E-state index < -0.39 is 0 Å². The molecule has 2 aromatic heterocycles. The molecule has 0 spiro atoms. The zero-order valence-corrected chi connectivity index (χ0v) is 14.6. The van der Waals surface area contributed by atoms with Gasteiger partial charge in [-0.1, -0.05) is 12.1 Å². The Kier molecular flexibility index (Phi) is 5.11. The van der Waals surface area contributed by atoms with Gasteiger partial charge >= 0.3 is 0 Å². The molecule has 1 fully saturated rings. The van der Waals surface area contributed by atoms with Gasteiger partial charge in [-0.25, -0.2) is 0 Å². The number of likely N-dealkylation sites (N-methyl/N-ethyl adjacent to an activating group) is 1. The number of aryl methyl sites for hydroxylation is 2. The van der Waals surface area contributed by atoms with Crippen molar-refractivity contribution in [3.8, 4) is 0 Å². The first-order valence-electron chi connectivity index (χ1n) is 8.44. The lowest BCUT2D eigenvalue weighted by Crippen LogP contribution is -2.34. The molecule has 24 heavy (non-hydrogen) atoms. The van der Waals surface area contributed by atoms with E-state index in [0.717, 1.165) is 43.9 Å². The smallest absolute Gasteiger partial charge is 0.250 e. The molecule has 7 nitrogen and oxygen atoms in total. The van der Waals surface area contributed by atoms with E-state index in [4.69, 9.17) is 4.52 Å². The van der Waals surface area contributed by atoms with Crippen molar-refractivity contribution in [1.29, 1.82) is 0 Å². The summed E-state index contributed by atoms with van der Waals surface area (Å²) in [4.78, 5) is 20.8. The van der Waals surface area contributed by atoms with Crippen molar-refractivity contribution in [2.24, 2.45) is 7.05 Å². The number of hydrogen-bond donors (Lipinski definition) is 0. The van der Waals surface area contributed by atoms with E-state index in [1.165, 1.54) is 0 Å². The molecule has 130 valence electrons. The van der Waals surface area contributed by atoms with Gasteiger partial charge in [-0.3, -0.25) is 14.6 Å². The summed E-state index contributed by atoms with van der Waals surface area (Å²) in [5, 5.41) is 4.02. The van der Waals surface area contributed by atoms with E-state index >= 15 is 0 Å². The van der Waals surface area contributed by atoms with Crippen LogP contribution in [0.2, 0.25) is 0 Å². The van der Waals surface area contributed by atoms with Crippen molar-refractivity contribution < 1.29 is 4.52 Å². The molecule has 0 aromatic carbocycles. The molecule has 7 heteroatoms. The summed E-state index contributed by atoms with van der Waals surface area (Å²) in [6, 6.07) is 4.22. The van der Waals surface area contributed by atoms with Gasteiger partial charge < -0.3 is 9.09 Å². The van der Waals surface area contributed by atoms with Crippen LogP contribution in [0.4, 0.5) is 0 Å². The summed E-state index contributed by atoms with van der Waals surface area (Å²) >= 11 is 0. The minimum absolute atomic E-state index is 0.0456. The summed E-state index contributed by atoms with van der Waals surface area (Å²) in [5.74, 6) is 1.44. The van der Waals surface area contributed by atoms with Gasteiger partial charge in [0.2, 0.25) is 5.89 Å². The van der Waals surface area contributed by atoms with E-state index in [0.29, 0.717) is 18.5 Å². The van der Waals surface area contributed by atoms with Crippen molar-refractivity contribution in [2.75, 3.05) is 20.1 Å². The van der Waals surface area contributed by atoms with Crippen LogP contribution in [0.25, 0.3) is 0 Å². The molecular weight excluding hydrogens is 306 g/mol. The third-order valence-corrected chi connectivity index (χ3v) is 4.65. The van der Waals surface area contributed by atoms with Crippen LogP contribution in [0.5, 0.6) is 0 Å². The third-order valence-electron chi connectivity index (χ3n) is 4.65. The molecule has 0 radical (unpaired) electrons. The topological polar surface area (TPSA) is 67.4 Å². The van der Waals surface area contributed by atoms with Crippen molar-refractivity contribution in [1.82, 2.24) is 24.5 Å². The highest BCUT2D eigenvalue weighted by Gasteiger charge is 2.26. The Labute approximate surface area is 141 Å².